The van der Waals surface area contributed by atoms with E-state index in [1.54, 1.807) is 19.1 Å². The number of nitrogens with zero attached hydrogens (tertiary/aromatic N) is 2. The van der Waals surface area contributed by atoms with Crippen molar-refractivity contribution < 1.29 is 9.53 Å². The van der Waals surface area contributed by atoms with E-state index in [9.17, 15) is 4.79 Å². The number of benzene rings is 2. The largest absolute Gasteiger partial charge is 0.479 e. The third kappa shape index (κ3) is 4.97. The normalized spacial score (nSPS) is 15.9. The zero-order valence-electron chi connectivity index (χ0n) is 16.7. The van der Waals surface area contributed by atoms with Crippen LogP contribution in [0.1, 0.15) is 19.4 Å². The average Bonchev–Trinajstić information content (AvgIpc) is 2.71. The third-order valence-corrected chi connectivity index (χ3v) is 5.47. The Hall–Kier alpha value is -2.24. The van der Waals surface area contributed by atoms with Crippen molar-refractivity contribution in [2.75, 3.05) is 42.9 Å². The second kappa shape index (κ2) is 9.30. The van der Waals surface area contributed by atoms with Gasteiger partial charge in [-0.05, 0) is 56.3 Å². The molecule has 150 valence electrons. The SMILES string of the molecule is CCN1CCN(c2ccc(NC(=O)C(C)Oc3ccccc3Cl)c(C)c2)CC1. The number of rotatable bonds is 6. The lowest BCUT2D eigenvalue weighted by Crippen LogP contribution is -2.46. The van der Waals surface area contributed by atoms with Crippen molar-refractivity contribution in [3.8, 4) is 5.75 Å². The van der Waals surface area contributed by atoms with Gasteiger partial charge >= 0.3 is 0 Å². The molecule has 5 nitrogen and oxygen atoms in total. The summed E-state index contributed by atoms with van der Waals surface area (Å²) in [6.45, 7) is 11.3. The van der Waals surface area contributed by atoms with Crippen molar-refractivity contribution >= 4 is 28.9 Å². The summed E-state index contributed by atoms with van der Waals surface area (Å²) < 4.78 is 5.70. The van der Waals surface area contributed by atoms with E-state index in [4.69, 9.17) is 16.3 Å². The van der Waals surface area contributed by atoms with Gasteiger partial charge in [0, 0.05) is 37.6 Å². The minimum absolute atomic E-state index is 0.202. The highest BCUT2D eigenvalue weighted by molar-refractivity contribution is 6.32. The summed E-state index contributed by atoms with van der Waals surface area (Å²) in [5.41, 5.74) is 3.04. The van der Waals surface area contributed by atoms with Crippen LogP contribution in [0.25, 0.3) is 0 Å². The van der Waals surface area contributed by atoms with Crippen LogP contribution in [0.2, 0.25) is 5.02 Å². The van der Waals surface area contributed by atoms with Gasteiger partial charge in [0.2, 0.25) is 0 Å². The Balaban J connectivity index is 1.61. The first-order valence-electron chi connectivity index (χ1n) is 9.78. The van der Waals surface area contributed by atoms with Gasteiger partial charge < -0.3 is 19.9 Å². The van der Waals surface area contributed by atoms with Gasteiger partial charge in [-0.3, -0.25) is 4.79 Å². The molecule has 0 saturated carbocycles. The first kappa shape index (κ1) is 20.5. The van der Waals surface area contributed by atoms with E-state index in [1.165, 1.54) is 5.69 Å². The maximum atomic E-state index is 12.5. The fourth-order valence-corrected chi connectivity index (χ4v) is 3.51. The maximum absolute atomic E-state index is 12.5. The van der Waals surface area contributed by atoms with Crippen LogP contribution in [0.15, 0.2) is 42.5 Å². The molecule has 28 heavy (non-hydrogen) atoms. The molecule has 1 aliphatic rings. The summed E-state index contributed by atoms with van der Waals surface area (Å²) in [7, 11) is 0. The molecule has 3 rings (SSSR count). The Bertz CT molecular complexity index is 819. The standard InChI is InChI=1S/C22H28ClN3O2/c1-4-25-11-13-26(14-12-25)18-9-10-20(16(2)15-18)24-22(27)17(3)28-21-8-6-5-7-19(21)23/h5-10,15,17H,4,11-14H2,1-3H3,(H,24,27). The van der Waals surface area contributed by atoms with Gasteiger partial charge in [0.15, 0.2) is 6.10 Å². The first-order valence-corrected chi connectivity index (χ1v) is 10.2. The number of anilines is 2. The van der Waals surface area contributed by atoms with Gasteiger partial charge in [-0.25, -0.2) is 0 Å². The van der Waals surface area contributed by atoms with Gasteiger partial charge in [-0.1, -0.05) is 30.7 Å². The molecule has 2 aromatic rings. The van der Waals surface area contributed by atoms with Crippen molar-refractivity contribution in [3.05, 3.63) is 53.1 Å². The zero-order chi connectivity index (χ0) is 20.1. The number of nitrogens with one attached hydrogen (secondary N) is 1. The molecular formula is C22H28ClN3O2. The molecule has 1 heterocycles. The number of carbonyl (C=O) groups is 1. The number of aryl methyl sites for hydroxylation is 1. The molecule has 0 aliphatic carbocycles. The van der Waals surface area contributed by atoms with Gasteiger partial charge in [0.25, 0.3) is 5.91 Å². The topological polar surface area (TPSA) is 44.8 Å². The quantitative estimate of drug-likeness (QED) is 0.788. The fraction of sp³-hybridized carbons (Fsp3) is 0.409. The Morgan fingerprint density at radius 1 is 1.18 bits per heavy atom. The van der Waals surface area contributed by atoms with Gasteiger partial charge in [-0.2, -0.15) is 0 Å². The molecule has 0 spiro atoms. The van der Waals surface area contributed by atoms with Crippen LogP contribution in [-0.2, 0) is 4.79 Å². The Kier molecular flexibility index (Phi) is 6.81. The fourth-order valence-electron chi connectivity index (χ4n) is 3.33. The lowest BCUT2D eigenvalue weighted by Gasteiger charge is -2.35. The first-order chi connectivity index (χ1) is 13.5. The van der Waals surface area contributed by atoms with Crippen LogP contribution in [0, 0.1) is 6.92 Å². The van der Waals surface area contributed by atoms with Crippen LogP contribution in [-0.4, -0.2) is 49.6 Å². The second-order valence-electron chi connectivity index (χ2n) is 7.10. The molecule has 2 aromatic carbocycles. The Labute approximate surface area is 172 Å². The van der Waals surface area contributed by atoms with Crippen molar-refractivity contribution in [3.63, 3.8) is 0 Å². The predicted molar refractivity (Wildman–Crippen MR) is 116 cm³/mol. The highest BCUT2D eigenvalue weighted by atomic mass is 35.5. The molecular weight excluding hydrogens is 374 g/mol. The Morgan fingerprint density at radius 3 is 2.54 bits per heavy atom. The maximum Gasteiger partial charge on any atom is 0.265 e. The molecule has 1 amide bonds. The minimum atomic E-state index is -0.652. The molecule has 0 radical (unpaired) electrons. The van der Waals surface area contributed by atoms with Crippen molar-refractivity contribution in [1.82, 2.24) is 4.90 Å². The molecule has 1 aliphatic heterocycles. The van der Waals surface area contributed by atoms with Crippen LogP contribution in [0.3, 0.4) is 0 Å². The molecule has 1 N–H and O–H groups in total. The van der Waals surface area contributed by atoms with E-state index in [1.807, 2.05) is 25.1 Å². The van der Waals surface area contributed by atoms with Crippen molar-refractivity contribution in [1.29, 1.82) is 0 Å². The summed E-state index contributed by atoms with van der Waals surface area (Å²) >= 11 is 6.10. The molecule has 0 aromatic heterocycles. The molecule has 1 fully saturated rings. The van der Waals surface area contributed by atoms with E-state index in [-0.39, 0.29) is 5.91 Å². The van der Waals surface area contributed by atoms with Crippen molar-refractivity contribution in [2.45, 2.75) is 26.9 Å². The number of para-hydroxylation sites is 1. The monoisotopic (exact) mass is 401 g/mol. The summed E-state index contributed by atoms with van der Waals surface area (Å²) in [5.74, 6) is 0.303. The lowest BCUT2D eigenvalue weighted by molar-refractivity contribution is -0.122. The average molecular weight is 402 g/mol. The second-order valence-corrected chi connectivity index (χ2v) is 7.51. The minimum Gasteiger partial charge on any atom is -0.479 e. The van der Waals surface area contributed by atoms with Crippen LogP contribution in [0.5, 0.6) is 5.75 Å². The summed E-state index contributed by atoms with van der Waals surface area (Å²) in [4.78, 5) is 17.4. The number of ether oxygens (including phenoxy) is 1. The van der Waals surface area contributed by atoms with E-state index >= 15 is 0 Å². The number of amides is 1. The molecule has 1 atom stereocenters. The summed E-state index contributed by atoms with van der Waals surface area (Å²) in [5, 5.41) is 3.45. The highest BCUT2D eigenvalue weighted by Gasteiger charge is 2.19. The van der Waals surface area contributed by atoms with Gasteiger partial charge in [-0.15, -0.1) is 0 Å². The van der Waals surface area contributed by atoms with Crippen LogP contribution < -0.4 is 15.0 Å². The van der Waals surface area contributed by atoms with E-state index < -0.39 is 6.10 Å². The summed E-state index contributed by atoms with van der Waals surface area (Å²) in [6, 6.07) is 13.3. The highest BCUT2D eigenvalue weighted by Crippen LogP contribution is 2.26. The number of hydrogen-bond acceptors (Lipinski definition) is 4. The summed E-state index contributed by atoms with van der Waals surface area (Å²) in [6.07, 6.45) is -0.652. The molecule has 0 bridgehead atoms. The number of carbonyl (C=O) groups excluding carboxylic acids is 1. The van der Waals surface area contributed by atoms with Gasteiger partial charge in [0.05, 0.1) is 5.02 Å². The number of likely N-dealkylation sites (N-methyl/N-ethyl adjacent to an activating group) is 1. The smallest absolute Gasteiger partial charge is 0.265 e. The lowest BCUT2D eigenvalue weighted by atomic mass is 10.1. The molecule has 1 unspecified atom stereocenters. The molecule has 1 saturated heterocycles. The number of halogens is 1. The Morgan fingerprint density at radius 2 is 1.89 bits per heavy atom. The van der Waals surface area contributed by atoms with E-state index in [0.717, 1.165) is 44.0 Å². The van der Waals surface area contributed by atoms with Crippen LogP contribution >= 0.6 is 11.6 Å². The molecule has 6 heteroatoms. The van der Waals surface area contributed by atoms with E-state index in [2.05, 4.69) is 34.2 Å². The third-order valence-electron chi connectivity index (χ3n) is 5.16. The van der Waals surface area contributed by atoms with Crippen LogP contribution in [0.4, 0.5) is 11.4 Å². The van der Waals surface area contributed by atoms with E-state index in [0.29, 0.717) is 10.8 Å². The number of hydrogen-bond donors (Lipinski definition) is 1. The predicted octanol–water partition coefficient (Wildman–Crippen LogP) is 4.20. The van der Waals surface area contributed by atoms with Crippen molar-refractivity contribution in [2.24, 2.45) is 0 Å². The number of piperazine rings is 1. The zero-order valence-corrected chi connectivity index (χ0v) is 17.5. The van der Waals surface area contributed by atoms with Gasteiger partial charge in [0.1, 0.15) is 5.75 Å².